The van der Waals surface area contributed by atoms with Crippen LogP contribution in [0.25, 0.3) is 0 Å². The lowest BCUT2D eigenvalue weighted by Gasteiger charge is -2.14. The monoisotopic (exact) mass is 340 g/mol. The van der Waals surface area contributed by atoms with Gasteiger partial charge in [-0.1, -0.05) is 66.2 Å². The highest BCUT2D eigenvalue weighted by atomic mass is 16.5. The van der Waals surface area contributed by atoms with Gasteiger partial charge in [-0.3, -0.25) is 0 Å². The minimum absolute atomic E-state index is 0.401. The Hall–Kier alpha value is -1.32. The highest BCUT2D eigenvalue weighted by Gasteiger charge is 2.10. The van der Waals surface area contributed by atoms with E-state index in [1.807, 2.05) is 0 Å². The smallest absolute Gasteiger partial charge is 0.331 e. The van der Waals surface area contributed by atoms with Crippen molar-refractivity contribution in [1.29, 1.82) is 0 Å². The maximum Gasteiger partial charge on any atom is 0.331 e. The van der Waals surface area contributed by atoms with E-state index in [-0.39, 0.29) is 0 Å². The van der Waals surface area contributed by atoms with Crippen LogP contribution < -0.4 is 0 Å². The molecule has 0 unspecified atom stereocenters. The van der Waals surface area contributed by atoms with Gasteiger partial charge in [0.2, 0.25) is 0 Å². The highest BCUT2D eigenvalue weighted by molar-refractivity contribution is 5.91. The lowest BCUT2D eigenvalue weighted by atomic mass is 10.0. The molecule has 4 heteroatoms. The first-order chi connectivity index (χ1) is 11.6. The van der Waals surface area contributed by atoms with E-state index in [2.05, 4.69) is 27.7 Å². The van der Waals surface area contributed by atoms with Gasteiger partial charge >= 0.3 is 11.9 Å². The molecule has 4 nitrogen and oxygen atoms in total. The number of hydrogen-bond donors (Lipinski definition) is 0. The van der Waals surface area contributed by atoms with E-state index in [1.54, 1.807) is 0 Å². The van der Waals surface area contributed by atoms with Crippen molar-refractivity contribution in [2.75, 3.05) is 13.2 Å². The molecule has 0 aromatic carbocycles. The highest BCUT2D eigenvalue weighted by Crippen LogP contribution is 2.14. The molecule has 0 aliphatic rings. The first-order valence-electron chi connectivity index (χ1n) is 9.58. The summed E-state index contributed by atoms with van der Waals surface area (Å²) in [7, 11) is 0. The van der Waals surface area contributed by atoms with Gasteiger partial charge in [0, 0.05) is 12.2 Å². The molecule has 0 aromatic heterocycles. The van der Waals surface area contributed by atoms with Crippen LogP contribution in [0.2, 0.25) is 0 Å². The molecular formula is C20H36O4. The molecule has 0 saturated heterocycles. The molecule has 0 aliphatic heterocycles. The molecule has 0 aliphatic carbocycles. The summed E-state index contributed by atoms with van der Waals surface area (Å²) < 4.78 is 10.4. The third-order valence-electron chi connectivity index (χ3n) is 4.36. The van der Waals surface area contributed by atoms with E-state index in [0.717, 1.165) is 51.4 Å². The van der Waals surface area contributed by atoms with Crippen molar-refractivity contribution in [2.24, 2.45) is 11.8 Å². The van der Waals surface area contributed by atoms with Crippen molar-refractivity contribution in [3.05, 3.63) is 12.2 Å². The minimum atomic E-state index is -0.472. The Balaban J connectivity index is 4.04. The van der Waals surface area contributed by atoms with Crippen molar-refractivity contribution < 1.29 is 19.1 Å². The number of unbranched alkanes of at least 4 members (excludes halogenated alkanes) is 2. The maximum absolute atomic E-state index is 11.7. The average Bonchev–Trinajstić information content (AvgIpc) is 2.60. The Morgan fingerprint density at radius 1 is 0.750 bits per heavy atom. The molecule has 0 aromatic rings. The fourth-order valence-electron chi connectivity index (χ4n) is 2.43. The summed E-state index contributed by atoms with van der Waals surface area (Å²) in [6.45, 7) is 9.35. The molecule has 24 heavy (non-hydrogen) atoms. The van der Waals surface area contributed by atoms with Gasteiger partial charge in [0.25, 0.3) is 0 Å². The van der Waals surface area contributed by atoms with Gasteiger partial charge < -0.3 is 9.47 Å². The summed E-state index contributed by atoms with van der Waals surface area (Å²) >= 11 is 0. The Morgan fingerprint density at radius 2 is 1.12 bits per heavy atom. The zero-order valence-corrected chi connectivity index (χ0v) is 16.0. The van der Waals surface area contributed by atoms with Crippen molar-refractivity contribution >= 4 is 11.9 Å². The summed E-state index contributed by atoms with van der Waals surface area (Å²) in [5, 5.41) is 0. The zero-order valence-electron chi connectivity index (χ0n) is 16.0. The van der Waals surface area contributed by atoms with Gasteiger partial charge in [0.05, 0.1) is 13.2 Å². The molecular weight excluding hydrogens is 304 g/mol. The number of hydrogen-bond acceptors (Lipinski definition) is 4. The summed E-state index contributed by atoms with van der Waals surface area (Å²) in [6, 6.07) is 0. The van der Waals surface area contributed by atoms with Crippen LogP contribution >= 0.6 is 0 Å². The summed E-state index contributed by atoms with van der Waals surface area (Å²) in [4.78, 5) is 23.3. The Morgan fingerprint density at radius 3 is 1.42 bits per heavy atom. The van der Waals surface area contributed by atoms with E-state index in [9.17, 15) is 9.59 Å². The van der Waals surface area contributed by atoms with Crippen LogP contribution in [0.1, 0.15) is 79.1 Å². The Bertz CT molecular complexity index is 329. The molecule has 2 atom stereocenters. The van der Waals surface area contributed by atoms with Crippen LogP contribution in [-0.4, -0.2) is 25.2 Å². The van der Waals surface area contributed by atoms with E-state index in [0.29, 0.717) is 25.0 Å². The number of esters is 2. The average molecular weight is 341 g/mol. The molecule has 0 bridgehead atoms. The lowest BCUT2D eigenvalue weighted by molar-refractivity contribution is -0.142. The predicted octanol–water partition coefficient (Wildman–Crippen LogP) is 5.06. The van der Waals surface area contributed by atoms with E-state index in [1.165, 1.54) is 12.2 Å². The van der Waals surface area contributed by atoms with Crippen LogP contribution in [-0.2, 0) is 19.1 Å². The molecule has 0 spiro atoms. The Labute approximate surface area is 148 Å². The van der Waals surface area contributed by atoms with Crippen LogP contribution in [0.5, 0.6) is 0 Å². The standard InChI is InChI=1S/C20H36O4/c1-5-9-11-17(7-3)15-23-19(21)13-14-20(22)24-16-18(8-4)12-10-6-2/h13-14,17-18H,5-12,15-16H2,1-4H3/b14-13+/t17-,18-/m0/s1. The summed E-state index contributed by atoms with van der Waals surface area (Å²) in [6.07, 6.45) is 11.1. The van der Waals surface area contributed by atoms with Crippen LogP contribution in [0.15, 0.2) is 12.2 Å². The summed E-state index contributed by atoms with van der Waals surface area (Å²) in [5.41, 5.74) is 0. The fraction of sp³-hybridized carbons (Fsp3) is 0.800. The van der Waals surface area contributed by atoms with Crippen molar-refractivity contribution in [2.45, 2.75) is 79.1 Å². The molecule has 0 N–H and O–H groups in total. The van der Waals surface area contributed by atoms with E-state index < -0.39 is 11.9 Å². The van der Waals surface area contributed by atoms with Gasteiger partial charge in [-0.15, -0.1) is 0 Å². The quantitative estimate of drug-likeness (QED) is 0.327. The van der Waals surface area contributed by atoms with Gasteiger partial charge in [-0.2, -0.15) is 0 Å². The van der Waals surface area contributed by atoms with E-state index >= 15 is 0 Å². The van der Waals surface area contributed by atoms with Gasteiger partial charge in [-0.05, 0) is 24.7 Å². The predicted molar refractivity (Wildman–Crippen MR) is 97.7 cm³/mol. The lowest BCUT2D eigenvalue weighted by Crippen LogP contribution is -2.14. The number of rotatable bonds is 14. The fourth-order valence-corrected chi connectivity index (χ4v) is 2.43. The minimum Gasteiger partial charge on any atom is -0.462 e. The second-order valence-electron chi connectivity index (χ2n) is 6.43. The van der Waals surface area contributed by atoms with Crippen molar-refractivity contribution in [3.63, 3.8) is 0 Å². The van der Waals surface area contributed by atoms with Crippen molar-refractivity contribution in [1.82, 2.24) is 0 Å². The van der Waals surface area contributed by atoms with Gasteiger partial charge in [0.15, 0.2) is 0 Å². The van der Waals surface area contributed by atoms with Gasteiger partial charge in [-0.25, -0.2) is 9.59 Å². The maximum atomic E-state index is 11.7. The molecule has 0 heterocycles. The van der Waals surface area contributed by atoms with Crippen molar-refractivity contribution in [3.8, 4) is 0 Å². The first kappa shape index (κ1) is 22.7. The molecule has 0 saturated carbocycles. The largest absolute Gasteiger partial charge is 0.462 e. The second kappa shape index (κ2) is 15.2. The van der Waals surface area contributed by atoms with Gasteiger partial charge in [0.1, 0.15) is 0 Å². The third-order valence-corrected chi connectivity index (χ3v) is 4.36. The SMILES string of the molecule is CCCC[C@H](CC)COC(=O)/C=C/C(=O)OC[C@@H](CC)CCCC. The van der Waals surface area contributed by atoms with Crippen LogP contribution in [0, 0.1) is 11.8 Å². The van der Waals surface area contributed by atoms with Crippen LogP contribution in [0.3, 0.4) is 0 Å². The molecule has 0 amide bonds. The topological polar surface area (TPSA) is 52.6 Å². The first-order valence-corrected chi connectivity index (χ1v) is 9.58. The summed E-state index contributed by atoms with van der Waals surface area (Å²) in [5.74, 6) is -0.142. The van der Waals surface area contributed by atoms with E-state index in [4.69, 9.17) is 9.47 Å². The van der Waals surface area contributed by atoms with Crippen LogP contribution in [0.4, 0.5) is 0 Å². The number of carbonyl (C=O) groups is 2. The second-order valence-corrected chi connectivity index (χ2v) is 6.43. The molecule has 0 radical (unpaired) electrons. The zero-order chi connectivity index (χ0) is 18.2. The number of ether oxygens (including phenoxy) is 2. The third kappa shape index (κ3) is 12.1. The molecule has 0 rings (SSSR count). The normalized spacial score (nSPS) is 13.7. The molecule has 0 fully saturated rings. The molecule has 140 valence electrons. The Kier molecular flexibility index (Phi) is 14.4. The number of carbonyl (C=O) groups excluding carboxylic acids is 2.